The van der Waals surface area contributed by atoms with Gasteiger partial charge in [0.1, 0.15) is 16.4 Å². The lowest BCUT2D eigenvalue weighted by Crippen LogP contribution is -2.11. The Morgan fingerprint density at radius 1 is 1.10 bits per heavy atom. The van der Waals surface area contributed by atoms with Gasteiger partial charge in [0.05, 0.1) is 12.0 Å². The molecule has 0 radical (unpaired) electrons. The zero-order valence-electron chi connectivity index (χ0n) is 16.6. The number of thiophene rings is 1. The van der Waals surface area contributed by atoms with Crippen molar-refractivity contribution in [1.82, 2.24) is 9.97 Å². The van der Waals surface area contributed by atoms with Gasteiger partial charge in [-0.1, -0.05) is 37.6 Å². The summed E-state index contributed by atoms with van der Waals surface area (Å²) in [6.07, 6.45) is 6.56. The molecule has 2 aromatic carbocycles. The van der Waals surface area contributed by atoms with E-state index in [9.17, 15) is 4.79 Å². The second-order valence-corrected chi connectivity index (χ2v) is 8.75. The van der Waals surface area contributed by atoms with Crippen LogP contribution in [-0.2, 0) is 12.8 Å². The van der Waals surface area contributed by atoms with E-state index in [1.54, 1.807) is 11.3 Å². The van der Waals surface area contributed by atoms with Crippen LogP contribution < -0.4 is 10.3 Å². The zero-order valence-corrected chi connectivity index (χ0v) is 17.4. The average Bonchev–Trinajstić information content (AvgIpc) is 3.13. The molecule has 0 unspecified atom stereocenters. The molecule has 1 aliphatic rings. The van der Waals surface area contributed by atoms with E-state index in [2.05, 4.69) is 24.0 Å². The molecule has 4 nitrogen and oxygen atoms in total. The maximum Gasteiger partial charge on any atom is 0.260 e. The molecule has 0 saturated carbocycles. The molecule has 5 rings (SSSR count). The van der Waals surface area contributed by atoms with Crippen LogP contribution in [0.3, 0.4) is 0 Å². The van der Waals surface area contributed by atoms with Crippen molar-refractivity contribution in [2.75, 3.05) is 6.61 Å². The van der Waals surface area contributed by atoms with Crippen LogP contribution in [0.15, 0.2) is 41.2 Å². The largest absolute Gasteiger partial charge is 0.493 e. The van der Waals surface area contributed by atoms with Crippen molar-refractivity contribution in [2.24, 2.45) is 0 Å². The Balaban J connectivity index is 1.65. The first kappa shape index (κ1) is 18.4. The Kier molecular flexibility index (Phi) is 4.84. The Hall–Kier alpha value is -2.66. The van der Waals surface area contributed by atoms with Gasteiger partial charge in [0.2, 0.25) is 0 Å². The number of unbranched alkanes of at least 4 members (excludes halogenated alkanes) is 1. The summed E-state index contributed by atoms with van der Waals surface area (Å²) in [6.45, 7) is 2.87. The Labute approximate surface area is 173 Å². The van der Waals surface area contributed by atoms with Gasteiger partial charge in [-0.3, -0.25) is 4.79 Å². The Morgan fingerprint density at radius 3 is 2.79 bits per heavy atom. The SMILES string of the molecule is CCCCOc1ccc(-c2nc3sc4c(c3c(=O)[nH]2)CCCC4)c2ccccc12. The third-order valence-electron chi connectivity index (χ3n) is 5.72. The fourth-order valence-corrected chi connectivity index (χ4v) is 5.48. The Morgan fingerprint density at radius 2 is 1.93 bits per heavy atom. The molecular formula is C24H24N2O2S. The number of H-pyrrole nitrogens is 1. The van der Waals surface area contributed by atoms with Crippen LogP contribution in [0.1, 0.15) is 43.0 Å². The van der Waals surface area contributed by atoms with Crippen molar-refractivity contribution in [3.63, 3.8) is 0 Å². The zero-order chi connectivity index (χ0) is 19.8. The lowest BCUT2D eigenvalue weighted by atomic mass is 9.97. The van der Waals surface area contributed by atoms with Gasteiger partial charge in [-0.15, -0.1) is 11.3 Å². The summed E-state index contributed by atoms with van der Waals surface area (Å²) in [6, 6.07) is 12.2. The van der Waals surface area contributed by atoms with Gasteiger partial charge in [0.25, 0.3) is 5.56 Å². The molecule has 29 heavy (non-hydrogen) atoms. The molecule has 0 amide bonds. The quantitative estimate of drug-likeness (QED) is 0.424. The molecule has 4 aromatic rings. The summed E-state index contributed by atoms with van der Waals surface area (Å²) in [5.74, 6) is 1.52. The summed E-state index contributed by atoms with van der Waals surface area (Å²) in [5, 5.41) is 2.90. The fourth-order valence-electron chi connectivity index (χ4n) is 4.22. The van der Waals surface area contributed by atoms with Gasteiger partial charge in [-0.25, -0.2) is 4.98 Å². The van der Waals surface area contributed by atoms with Gasteiger partial charge in [0.15, 0.2) is 0 Å². The molecule has 0 spiro atoms. The number of rotatable bonds is 5. The number of nitrogens with zero attached hydrogens (tertiary/aromatic N) is 1. The highest BCUT2D eigenvalue weighted by Crippen LogP contribution is 2.36. The van der Waals surface area contributed by atoms with E-state index in [0.717, 1.165) is 64.4 Å². The van der Waals surface area contributed by atoms with Crippen LogP contribution >= 0.6 is 11.3 Å². The van der Waals surface area contributed by atoms with Crippen LogP contribution in [0.4, 0.5) is 0 Å². The van der Waals surface area contributed by atoms with E-state index in [1.807, 2.05) is 24.3 Å². The maximum atomic E-state index is 13.0. The van der Waals surface area contributed by atoms with E-state index in [-0.39, 0.29) is 5.56 Å². The van der Waals surface area contributed by atoms with Crippen molar-refractivity contribution >= 4 is 32.3 Å². The van der Waals surface area contributed by atoms with E-state index in [4.69, 9.17) is 9.72 Å². The molecule has 148 valence electrons. The number of aryl methyl sites for hydroxylation is 2. The summed E-state index contributed by atoms with van der Waals surface area (Å²) in [7, 11) is 0. The second-order valence-electron chi connectivity index (χ2n) is 7.66. The van der Waals surface area contributed by atoms with Gasteiger partial charge in [-0.05, 0) is 55.2 Å². The number of ether oxygens (including phenoxy) is 1. The third-order valence-corrected chi connectivity index (χ3v) is 6.91. The van der Waals surface area contributed by atoms with Crippen molar-refractivity contribution in [2.45, 2.75) is 45.4 Å². The highest BCUT2D eigenvalue weighted by atomic mass is 32.1. The van der Waals surface area contributed by atoms with Crippen LogP contribution in [0.5, 0.6) is 5.75 Å². The van der Waals surface area contributed by atoms with Crippen LogP contribution in [0.2, 0.25) is 0 Å². The first-order valence-corrected chi connectivity index (χ1v) is 11.3. The average molecular weight is 405 g/mol. The van der Waals surface area contributed by atoms with Crippen molar-refractivity contribution in [3.05, 3.63) is 57.2 Å². The van der Waals surface area contributed by atoms with Crippen LogP contribution in [0.25, 0.3) is 32.4 Å². The summed E-state index contributed by atoms with van der Waals surface area (Å²) in [4.78, 5) is 23.1. The number of hydrogen-bond donors (Lipinski definition) is 1. The summed E-state index contributed by atoms with van der Waals surface area (Å²) in [5.41, 5.74) is 2.15. The minimum atomic E-state index is -0.0169. The third kappa shape index (κ3) is 3.23. The number of nitrogens with one attached hydrogen (secondary N) is 1. The van der Waals surface area contributed by atoms with Gasteiger partial charge >= 0.3 is 0 Å². The van der Waals surface area contributed by atoms with E-state index < -0.39 is 0 Å². The number of benzene rings is 2. The lowest BCUT2D eigenvalue weighted by molar-refractivity contribution is 0.313. The van der Waals surface area contributed by atoms with E-state index in [0.29, 0.717) is 12.4 Å². The molecule has 0 saturated heterocycles. The van der Waals surface area contributed by atoms with Crippen molar-refractivity contribution < 1.29 is 4.74 Å². The number of fused-ring (bicyclic) bond motifs is 4. The molecular weight excluding hydrogens is 380 g/mol. The monoisotopic (exact) mass is 404 g/mol. The fraction of sp³-hybridized carbons (Fsp3) is 0.333. The van der Waals surface area contributed by atoms with Crippen LogP contribution in [-0.4, -0.2) is 16.6 Å². The summed E-state index contributed by atoms with van der Waals surface area (Å²) >= 11 is 1.69. The Bertz CT molecular complexity index is 1260. The van der Waals surface area contributed by atoms with Crippen molar-refractivity contribution in [3.8, 4) is 17.1 Å². The molecule has 0 bridgehead atoms. The molecule has 0 aliphatic heterocycles. The maximum absolute atomic E-state index is 13.0. The normalized spacial score (nSPS) is 13.7. The number of hydrogen-bond acceptors (Lipinski definition) is 4. The molecule has 0 fully saturated rings. The van der Waals surface area contributed by atoms with Gasteiger partial charge in [0, 0.05) is 15.8 Å². The predicted molar refractivity (Wildman–Crippen MR) is 120 cm³/mol. The second kappa shape index (κ2) is 7.64. The van der Waals surface area contributed by atoms with Gasteiger partial charge < -0.3 is 9.72 Å². The molecule has 5 heteroatoms. The predicted octanol–water partition coefficient (Wildman–Crippen LogP) is 5.86. The van der Waals surface area contributed by atoms with E-state index >= 15 is 0 Å². The number of aromatic amines is 1. The first-order chi connectivity index (χ1) is 14.3. The minimum absolute atomic E-state index is 0.0169. The molecule has 0 atom stereocenters. The smallest absolute Gasteiger partial charge is 0.260 e. The molecule has 1 N–H and O–H groups in total. The van der Waals surface area contributed by atoms with E-state index in [1.165, 1.54) is 16.9 Å². The lowest BCUT2D eigenvalue weighted by Gasteiger charge is -2.12. The van der Waals surface area contributed by atoms with Crippen molar-refractivity contribution in [1.29, 1.82) is 0 Å². The van der Waals surface area contributed by atoms with Crippen LogP contribution in [0, 0.1) is 0 Å². The first-order valence-electron chi connectivity index (χ1n) is 10.5. The van der Waals surface area contributed by atoms with Gasteiger partial charge in [-0.2, -0.15) is 0 Å². The standard InChI is InChI=1S/C24H24N2O2S/c1-2-3-14-28-19-13-12-17(15-8-4-5-9-16(15)19)22-25-23(27)21-18-10-6-7-11-20(18)29-24(21)26-22/h4-5,8-9,12-13H,2-3,6-7,10-11,14H2,1H3,(H,25,26,27). The molecule has 1 aliphatic carbocycles. The molecule has 2 heterocycles. The molecule has 2 aromatic heterocycles. The number of aromatic nitrogens is 2. The highest BCUT2D eigenvalue weighted by Gasteiger charge is 2.20. The summed E-state index contributed by atoms with van der Waals surface area (Å²) < 4.78 is 6.01. The highest BCUT2D eigenvalue weighted by molar-refractivity contribution is 7.18. The minimum Gasteiger partial charge on any atom is -0.493 e. The topological polar surface area (TPSA) is 55.0 Å².